The molecule has 2 rings (SSSR count). The molecule has 7 heteroatoms. The van der Waals surface area contributed by atoms with Crippen LogP contribution in [0, 0.1) is 0 Å². The van der Waals surface area contributed by atoms with Crippen molar-refractivity contribution in [2.45, 2.75) is 19.1 Å². The molecular formula is C11H11F3N2O2. The fraction of sp³-hybridized carbons (Fsp3) is 0.455. The molecule has 1 aliphatic heterocycles. The molecule has 0 aromatic carbocycles. The van der Waals surface area contributed by atoms with Crippen LogP contribution in [0.2, 0.25) is 0 Å². The summed E-state index contributed by atoms with van der Waals surface area (Å²) in [7, 11) is 1.14. The molecule has 0 atom stereocenters. The number of methoxy groups -OCH3 is 1. The monoisotopic (exact) mass is 260 g/mol. The topological polar surface area (TPSA) is 51.2 Å². The minimum absolute atomic E-state index is 0.0676. The van der Waals surface area contributed by atoms with Gasteiger partial charge in [0.15, 0.2) is 0 Å². The second kappa shape index (κ2) is 4.56. The number of aromatic nitrogens is 1. The van der Waals surface area contributed by atoms with Gasteiger partial charge in [0.2, 0.25) is 0 Å². The molecule has 18 heavy (non-hydrogen) atoms. The van der Waals surface area contributed by atoms with E-state index in [0.29, 0.717) is 30.8 Å². The molecule has 0 amide bonds. The molecule has 2 heterocycles. The Balaban J connectivity index is 2.58. The van der Waals surface area contributed by atoms with E-state index >= 15 is 0 Å². The zero-order valence-electron chi connectivity index (χ0n) is 9.60. The summed E-state index contributed by atoms with van der Waals surface area (Å²) in [5.41, 5.74) is -0.323. The lowest BCUT2D eigenvalue weighted by Gasteiger charge is -2.20. The highest BCUT2D eigenvalue weighted by atomic mass is 19.4. The number of halogens is 3. The first-order valence-electron chi connectivity index (χ1n) is 5.32. The minimum Gasteiger partial charge on any atom is -0.465 e. The molecule has 1 aromatic heterocycles. The van der Waals surface area contributed by atoms with Crippen molar-refractivity contribution in [2.24, 2.45) is 0 Å². The van der Waals surface area contributed by atoms with Crippen LogP contribution in [-0.2, 0) is 23.9 Å². The summed E-state index contributed by atoms with van der Waals surface area (Å²) in [5, 5.41) is 2.99. The van der Waals surface area contributed by atoms with E-state index in [1.54, 1.807) is 0 Å². The number of fused-ring (bicyclic) bond motifs is 1. The van der Waals surface area contributed by atoms with E-state index in [0.717, 1.165) is 13.2 Å². The fourth-order valence-corrected chi connectivity index (χ4v) is 1.89. The lowest BCUT2D eigenvalue weighted by atomic mass is 10.00. The van der Waals surface area contributed by atoms with Crippen LogP contribution in [0.25, 0.3) is 0 Å². The van der Waals surface area contributed by atoms with Gasteiger partial charge in [-0.1, -0.05) is 0 Å². The molecule has 0 spiro atoms. The highest BCUT2D eigenvalue weighted by Gasteiger charge is 2.35. The van der Waals surface area contributed by atoms with Gasteiger partial charge in [-0.15, -0.1) is 0 Å². The third-order valence-electron chi connectivity index (χ3n) is 2.75. The zero-order chi connectivity index (χ0) is 13.3. The van der Waals surface area contributed by atoms with Gasteiger partial charge in [-0.2, -0.15) is 13.2 Å². The quantitative estimate of drug-likeness (QED) is 0.778. The van der Waals surface area contributed by atoms with E-state index in [9.17, 15) is 18.0 Å². The minimum atomic E-state index is -4.57. The molecule has 1 aliphatic rings. The summed E-state index contributed by atoms with van der Waals surface area (Å²) in [6, 6.07) is 0.748. The normalized spacial score (nSPS) is 15.1. The number of carbonyl (C=O) groups is 1. The number of pyridine rings is 1. The number of hydrogen-bond acceptors (Lipinski definition) is 4. The maximum Gasteiger partial charge on any atom is 0.433 e. The van der Waals surface area contributed by atoms with Crippen molar-refractivity contribution in [3.63, 3.8) is 0 Å². The highest BCUT2D eigenvalue weighted by Crippen LogP contribution is 2.31. The Morgan fingerprint density at radius 1 is 1.50 bits per heavy atom. The summed E-state index contributed by atoms with van der Waals surface area (Å²) < 4.78 is 42.5. The molecule has 0 aliphatic carbocycles. The van der Waals surface area contributed by atoms with Crippen LogP contribution in [0.3, 0.4) is 0 Å². The largest absolute Gasteiger partial charge is 0.465 e. The Hall–Kier alpha value is -1.63. The Morgan fingerprint density at radius 2 is 2.22 bits per heavy atom. The molecule has 0 radical (unpaired) electrons. The predicted octanol–water partition coefficient (Wildman–Crippen LogP) is 1.53. The van der Waals surface area contributed by atoms with E-state index in [1.807, 2.05) is 0 Å². The average Bonchev–Trinajstić information content (AvgIpc) is 2.35. The maximum absolute atomic E-state index is 12.7. The Labute approximate surface area is 101 Å². The van der Waals surface area contributed by atoms with E-state index in [4.69, 9.17) is 0 Å². The van der Waals surface area contributed by atoms with Crippen LogP contribution < -0.4 is 5.32 Å². The van der Waals surface area contributed by atoms with Gasteiger partial charge in [0.25, 0.3) is 0 Å². The molecule has 1 N–H and O–H groups in total. The summed E-state index contributed by atoms with van der Waals surface area (Å²) >= 11 is 0. The number of hydrogen-bond donors (Lipinski definition) is 1. The molecule has 0 saturated carbocycles. The van der Waals surface area contributed by atoms with E-state index in [-0.39, 0.29) is 5.56 Å². The van der Waals surface area contributed by atoms with Crippen molar-refractivity contribution in [1.29, 1.82) is 0 Å². The summed E-state index contributed by atoms with van der Waals surface area (Å²) in [5.74, 6) is -0.775. The van der Waals surface area contributed by atoms with Crippen molar-refractivity contribution in [3.05, 3.63) is 28.6 Å². The number of carbonyl (C=O) groups excluding carboxylic acids is 1. The third-order valence-corrected chi connectivity index (χ3v) is 2.75. The first kappa shape index (κ1) is 12.8. The highest BCUT2D eigenvalue weighted by molar-refractivity contribution is 5.91. The van der Waals surface area contributed by atoms with Crippen molar-refractivity contribution in [2.75, 3.05) is 13.7 Å². The fourth-order valence-electron chi connectivity index (χ4n) is 1.89. The zero-order valence-corrected chi connectivity index (χ0v) is 9.60. The molecular weight excluding hydrogens is 249 g/mol. The van der Waals surface area contributed by atoms with Gasteiger partial charge < -0.3 is 10.1 Å². The molecule has 0 unspecified atom stereocenters. The number of esters is 1. The molecule has 0 bridgehead atoms. The molecule has 0 saturated heterocycles. The lowest BCUT2D eigenvalue weighted by Crippen LogP contribution is -2.28. The van der Waals surface area contributed by atoms with Gasteiger partial charge >= 0.3 is 12.1 Å². The van der Waals surface area contributed by atoms with Gasteiger partial charge in [0, 0.05) is 30.8 Å². The number of nitrogens with zero attached hydrogens (tertiary/aromatic N) is 1. The van der Waals surface area contributed by atoms with E-state index < -0.39 is 17.8 Å². The maximum atomic E-state index is 12.7. The van der Waals surface area contributed by atoms with Gasteiger partial charge in [-0.3, -0.25) is 0 Å². The summed E-state index contributed by atoms with van der Waals surface area (Å²) in [4.78, 5) is 15.1. The third kappa shape index (κ3) is 2.31. The number of alkyl halides is 3. The Morgan fingerprint density at radius 3 is 2.83 bits per heavy atom. The van der Waals surface area contributed by atoms with Crippen LogP contribution in [-0.4, -0.2) is 24.6 Å². The smallest absolute Gasteiger partial charge is 0.433 e. The van der Waals surface area contributed by atoms with Gasteiger partial charge in [0.05, 0.1) is 12.7 Å². The Bertz CT molecular complexity index is 486. The van der Waals surface area contributed by atoms with Crippen molar-refractivity contribution >= 4 is 5.97 Å². The predicted molar refractivity (Wildman–Crippen MR) is 56.0 cm³/mol. The SMILES string of the molecule is COC(=O)c1cc(C(F)(F)F)nc2c1CNCC2. The first-order chi connectivity index (χ1) is 8.43. The lowest BCUT2D eigenvalue weighted by molar-refractivity contribution is -0.141. The van der Waals surface area contributed by atoms with Crippen LogP contribution in [0.15, 0.2) is 6.07 Å². The second-order valence-electron chi connectivity index (χ2n) is 3.90. The molecule has 4 nitrogen and oxygen atoms in total. The van der Waals surface area contributed by atoms with Crippen LogP contribution >= 0.6 is 0 Å². The van der Waals surface area contributed by atoms with Gasteiger partial charge in [-0.05, 0) is 6.07 Å². The first-order valence-corrected chi connectivity index (χ1v) is 5.32. The standard InChI is InChI=1S/C11H11F3N2O2/c1-18-10(17)6-4-9(11(12,13)14)16-8-2-3-15-5-7(6)8/h4,15H,2-3,5H2,1H3. The van der Waals surface area contributed by atoms with Crippen molar-refractivity contribution in [1.82, 2.24) is 10.3 Å². The number of nitrogens with one attached hydrogen (secondary N) is 1. The van der Waals surface area contributed by atoms with Crippen molar-refractivity contribution in [3.8, 4) is 0 Å². The summed E-state index contributed by atoms with van der Waals surface area (Å²) in [6.07, 6.45) is -4.20. The van der Waals surface area contributed by atoms with Gasteiger partial charge in [0.1, 0.15) is 5.69 Å². The van der Waals surface area contributed by atoms with Crippen LogP contribution in [0.5, 0.6) is 0 Å². The van der Waals surface area contributed by atoms with Gasteiger partial charge in [-0.25, -0.2) is 9.78 Å². The van der Waals surface area contributed by atoms with E-state index in [2.05, 4.69) is 15.0 Å². The number of ether oxygens (including phenoxy) is 1. The van der Waals surface area contributed by atoms with Crippen LogP contribution in [0.1, 0.15) is 27.3 Å². The number of rotatable bonds is 1. The Kier molecular flexibility index (Phi) is 3.25. The van der Waals surface area contributed by atoms with Crippen LogP contribution in [0.4, 0.5) is 13.2 Å². The molecule has 98 valence electrons. The van der Waals surface area contributed by atoms with Crippen molar-refractivity contribution < 1.29 is 22.7 Å². The molecule has 0 fully saturated rings. The van der Waals surface area contributed by atoms with E-state index in [1.165, 1.54) is 0 Å². The summed E-state index contributed by atoms with van der Waals surface area (Å²) in [6.45, 7) is 0.868. The molecule has 1 aromatic rings. The average molecular weight is 260 g/mol. The second-order valence-corrected chi connectivity index (χ2v) is 3.90.